The predicted molar refractivity (Wildman–Crippen MR) is 115 cm³/mol. The van der Waals surface area contributed by atoms with Crippen molar-refractivity contribution in [2.24, 2.45) is 0 Å². The molecule has 0 saturated heterocycles. The standard InChI is InChI=1S/C24H20FN5/c1-3-4-5-17-8-11-22(21(25)14-17)30-13-12-20-16(2)27-24(29-23(20)30)28-19-9-6-18(15-26)7-10-19/h1,6-11,14H,4-5,12-13H2,2H3,(H,27,28,29). The number of terminal acetylenes is 1. The van der Waals surface area contributed by atoms with E-state index in [2.05, 4.69) is 27.3 Å². The molecule has 0 amide bonds. The van der Waals surface area contributed by atoms with Crippen LogP contribution in [-0.4, -0.2) is 16.5 Å². The third kappa shape index (κ3) is 3.81. The maximum atomic E-state index is 14.9. The first-order valence-electron chi connectivity index (χ1n) is 9.73. The summed E-state index contributed by atoms with van der Waals surface area (Å²) in [5, 5.41) is 12.1. The van der Waals surface area contributed by atoms with Crippen LogP contribution in [0.5, 0.6) is 0 Å². The Hall–Kier alpha value is -3.90. The molecule has 5 nitrogen and oxygen atoms in total. The summed E-state index contributed by atoms with van der Waals surface area (Å²) < 4.78 is 14.9. The lowest BCUT2D eigenvalue weighted by atomic mass is 10.1. The fourth-order valence-electron chi connectivity index (χ4n) is 3.62. The Morgan fingerprint density at radius 2 is 2.00 bits per heavy atom. The first-order chi connectivity index (χ1) is 14.6. The maximum absolute atomic E-state index is 14.9. The molecule has 2 aromatic carbocycles. The molecule has 0 atom stereocenters. The minimum absolute atomic E-state index is 0.282. The molecule has 1 N–H and O–H groups in total. The van der Waals surface area contributed by atoms with Gasteiger partial charge in [0.05, 0.1) is 17.3 Å². The van der Waals surface area contributed by atoms with Gasteiger partial charge in [-0.05, 0) is 61.7 Å². The van der Waals surface area contributed by atoms with E-state index in [-0.39, 0.29) is 5.82 Å². The highest BCUT2D eigenvalue weighted by Gasteiger charge is 2.27. The number of hydrogen-bond acceptors (Lipinski definition) is 5. The average molecular weight is 397 g/mol. The summed E-state index contributed by atoms with van der Waals surface area (Å²) in [4.78, 5) is 11.1. The maximum Gasteiger partial charge on any atom is 0.229 e. The second-order valence-corrected chi connectivity index (χ2v) is 7.14. The van der Waals surface area contributed by atoms with E-state index in [0.29, 0.717) is 42.4 Å². The van der Waals surface area contributed by atoms with Gasteiger partial charge in [-0.1, -0.05) is 6.07 Å². The van der Waals surface area contributed by atoms with Crippen molar-refractivity contribution in [3.63, 3.8) is 0 Å². The molecule has 3 aromatic rings. The molecule has 0 bridgehead atoms. The number of hydrogen-bond donors (Lipinski definition) is 1. The van der Waals surface area contributed by atoms with E-state index in [1.807, 2.05) is 17.9 Å². The molecule has 0 spiro atoms. The number of nitriles is 1. The Balaban J connectivity index is 1.63. The molecule has 148 valence electrons. The van der Waals surface area contributed by atoms with Crippen LogP contribution in [0.4, 0.5) is 27.5 Å². The Kier molecular flexibility index (Phi) is 5.32. The summed E-state index contributed by atoms with van der Waals surface area (Å²) in [6.45, 7) is 2.58. The van der Waals surface area contributed by atoms with Gasteiger partial charge in [-0.2, -0.15) is 10.2 Å². The summed E-state index contributed by atoms with van der Waals surface area (Å²) >= 11 is 0. The normalized spacial score (nSPS) is 12.2. The summed E-state index contributed by atoms with van der Waals surface area (Å²) in [5.41, 5.74) is 4.64. The number of benzene rings is 2. The third-order valence-corrected chi connectivity index (χ3v) is 5.16. The Morgan fingerprint density at radius 1 is 1.20 bits per heavy atom. The predicted octanol–water partition coefficient (Wildman–Crippen LogP) is 4.80. The van der Waals surface area contributed by atoms with E-state index in [1.165, 1.54) is 0 Å². The molecule has 6 heteroatoms. The first-order valence-corrected chi connectivity index (χ1v) is 9.73. The minimum Gasteiger partial charge on any atom is -0.324 e. The van der Waals surface area contributed by atoms with Crippen molar-refractivity contribution in [3.8, 4) is 18.4 Å². The van der Waals surface area contributed by atoms with Crippen molar-refractivity contribution in [3.05, 3.63) is 70.7 Å². The molecule has 0 unspecified atom stereocenters. The van der Waals surface area contributed by atoms with Crippen LogP contribution in [0.2, 0.25) is 0 Å². The van der Waals surface area contributed by atoms with Gasteiger partial charge in [0.15, 0.2) is 0 Å². The van der Waals surface area contributed by atoms with Gasteiger partial charge in [-0.3, -0.25) is 0 Å². The number of nitrogens with zero attached hydrogens (tertiary/aromatic N) is 4. The van der Waals surface area contributed by atoms with Crippen molar-refractivity contribution >= 4 is 23.1 Å². The van der Waals surface area contributed by atoms with Crippen LogP contribution < -0.4 is 10.2 Å². The monoisotopic (exact) mass is 397 g/mol. The van der Waals surface area contributed by atoms with E-state index >= 15 is 0 Å². The summed E-state index contributed by atoms with van der Waals surface area (Å²) in [6, 6.07) is 14.4. The summed E-state index contributed by atoms with van der Waals surface area (Å²) in [5.74, 6) is 3.46. The SMILES string of the molecule is C#CCCc1ccc(N2CCc3c(C)nc(Nc4ccc(C#N)cc4)nc32)c(F)c1. The van der Waals surface area contributed by atoms with Gasteiger partial charge in [0, 0.05) is 29.9 Å². The molecule has 1 aliphatic rings. The topological polar surface area (TPSA) is 64.8 Å². The van der Waals surface area contributed by atoms with Gasteiger partial charge in [0.25, 0.3) is 0 Å². The summed E-state index contributed by atoms with van der Waals surface area (Å²) in [7, 11) is 0. The average Bonchev–Trinajstić information content (AvgIpc) is 3.17. The number of halogens is 1. The molecule has 1 aliphatic heterocycles. The highest BCUT2D eigenvalue weighted by Crippen LogP contribution is 2.36. The van der Waals surface area contributed by atoms with Crippen molar-refractivity contribution < 1.29 is 4.39 Å². The molecular weight excluding hydrogens is 377 g/mol. The van der Waals surface area contributed by atoms with Crippen LogP contribution in [0.3, 0.4) is 0 Å². The molecular formula is C24H20FN5. The van der Waals surface area contributed by atoms with Crippen molar-refractivity contribution in [1.82, 2.24) is 9.97 Å². The number of anilines is 4. The fraction of sp³-hybridized carbons (Fsp3) is 0.208. The van der Waals surface area contributed by atoms with Crippen LogP contribution in [0.1, 0.15) is 28.8 Å². The van der Waals surface area contributed by atoms with E-state index in [9.17, 15) is 4.39 Å². The number of nitrogens with one attached hydrogen (secondary N) is 1. The van der Waals surface area contributed by atoms with Crippen LogP contribution in [0.25, 0.3) is 0 Å². The van der Waals surface area contributed by atoms with E-state index < -0.39 is 0 Å². The minimum atomic E-state index is -0.282. The van der Waals surface area contributed by atoms with Gasteiger partial charge in [0.2, 0.25) is 5.95 Å². The van der Waals surface area contributed by atoms with E-state index in [4.69, 9.17) is 11.7 Å². The zero-order chi connectivity index (χ0) is 21.1. The summed E-state index contributed by atoms with van der Waals surface area (Å²) in [6.07, 6.45) is 7.31. The van der Waals surface area contributed by atoms with E-state index in [1.54, 1.807) is 36.4 Å². The highest BCUT2D eigenvalue weighted by atomic mass is 19.1. The number of aryl methyl sites for hydroxylation is 2. The molecule has 0 aliphatic carbocycles. The van der Waals surface area contributed by atoms with Crippen molar-refractivity contribution in [2.75, 3.05) is 16.8 Å². The fourth-order valence-corrected chi connectivity index (χ4v) is 3.62. The van der Waals surface area contributed by atoms with Gasteiger partial charge in [0.1, 0.15) is 11.6 Å². The number of rotatable bonds is 5. The largest absolute Gasteiger partial charge is 0.324 e. The van der Waals surface area contributed by atoms with Crippen LogP contribution >= 0.6 is 0 Å². The number of fused-ring (bicyclic) bond motifs is 1. The molecule has 30 heavy (non-hydrogen) atoms. The Labute approximate surface area is 175 Å². The molecule has 4 rings (SSSR count). The lowest BCUT2D eigenvalue weighted by Crippen LogP contribution is -2.16. The molecule has 0 saturated carbocycles. The lowest BCUT2D eigenvalue weighted by molar-refractivity contribution is 0.623. The Bertz CT molecular complexity index is 1170. The van der Waals surface area contributed by atoms with Gasteiger partial charge in [-0.15, -0.1) is 12.3 Å². The molecule has 0 fully saturated rings. The first kappa shape index (κ1) is 19.4. The zero-order valence-electron chi connectivity index (χ0n) is 16.6. The smallest absolute Gasteiger partial charge is 0.229 e. The zero-order valence-corrected chi connectivity index (χ0v) is 16.6. The van der Waals surface area contributed by atoms with Crippen molar-refractivity contribution in [1.29, 1.82) is 5.26 Å². The van der Waals surface area contributed by atoms with Gasteiger partial charge >= 0.3 is 0 Å². The molecule has 2 heterocycles. The second-order valence-electron chi connectivity index (χ2n) is 7.14. The van der Waals surface area contributed by atoms with Crippen LogP contribution in [0.15, 0.2) is 42.5 Å². The molecule has 1 aromatic heterocycles. The van der Waals surface area contributed by atoms with Crippen LogP contribution in [0, 0.1) is 36.4 Å². The van der Waals surface area contributed by atoms with Crippen LogP contribution in [-0.2, 0) is 12.8 Å². The lowest BCUT2D eigenvalue weighted by Gasteiger charge is -2.20. The van der Waals surface area contributed by atoms with Gasteiger partial charge < -0.3 is 10.2 Å². The third-order valence-electron chi connectivity index (χ3n) is 5.16. The van der Waals surface area contributed by atoms with E-state index in [0.717, 1.165) is 28.9 Å². The second kappa shape index (κ2) is 8.23. The van der Waals surface area contributed by atoms with Crippen molar-refractivity contribution in [2.45, 2.75) is 26.2 Å². The molecule has 0 radical (unpaired) electrons. The Morgan fingerprint density at radius 3 is 2.70 bits per heavy atom. The number of aromatic nitrogens is 2. The van der Waals surface area contributed by atoms with Gasteiger partial charge in [-0.25, -0.2) is 9.37 Å². The quantitative estimate of drug-likeness (QED) is 0.627. The highest BCUT2D eigenvalue weighted by molar-refractivity contribution is 5.69.